The maximum atomic E-state index is 5.26. The van der Waals surface area contributed by atoms with Crippen molar-refractivity contribution in [2.24, 2.45) is 5.41 Å². The smallest absolute Gasteiger partial charge is 0.121 e. The molecule has 2 heteroatoms. The molecular formula is C14H21NO. The third kappa shape index (κ3) is 2.16. The second kappa shape index (κ2) is 4.00. The van der Waals surface area contributed by atoms with E-state index in [1.807, 2.05) is 6.07 Å². The molecule has 0 aromatic heterocycles. The Morgan fingerprint density at radius 2 is 2.06 bits per heavy atom. The number of benzene rings is 1. The normalized spacial score (nSPS) is 19.0. The first-order valence-corrected chi connectivity index (χ1v) is 5.96. The van der Waals surface area contributed by atoms with Crippen molar-refractivity contribution >= 4 is 5.69 Å². The summed E-state index contributed by atoms with van der Waals surface area (Å²) in [5, 5.41) is 3.58. The number of hydrogen-bond acceptors (Lipinski definition) is 2. The van der Waals surface area contributed by atoms with Gasteiger partial charge < -0.3 is 10.1 Å². The van der Waals surface area contributed by atoms with Gasteiger partial charge in [-0.25, -0.2) is 0 Å². The summed E-state index contributed by atoms with van der Waals surface area (Å²) >= 11 is 0. The van der Waals surface area contributed by atoms with E-state index in [1.165, 1.54) is 24.1 Å². The molecule has 1 fully saturated rings. The molecule has 1 atom stereocenters. The molecular weight excluding hydrogens is 198 g/mol. The first-order chi connectivity index (χ1) is 7.55. The first kappa shape index (κ1) is 11.3. The van der Waals surface area contributed by atoms with Crippen LogP contribution in [0.2, 0.25) is 0 Å². The predicted molar refractivity (Wildman–Crippen MR) is 68.2 cm³/mol. The Hall–Kier alpha value is -1.18. The van der Waals surface area contributed by atoms with Crippen molar-refractivity contribution in [1.82, 2.24) is 0 Å². The van der Waals surface area contributed by atoms with Crippen molar-refractivity contribution in [2.75, 3.05) is 12.4 Å². The van der Waals surface area contributed by atoms with E-state index in [4.69, 9.17) is 4.74 Å². The van der Waals surface area contributed by atoms with Crippen molar-refractivity contribution in [3.05, 3.63) is 23.8 Å². The molecule has 1 aromatic rings. The zero-order chi connectivity index (χ0) is 11.8. The Kier molecular flexibility index (Phi) is 2.83. The molecule has 2 rings (SSSR count). The van der Waals surface area contributed by atoms with Gasteiger partial charge in [-0.3, -0.25) is 0 Å². The number of aryl methyl sites for hydroxylation is 1. The second-order valence-electron chi connectivity index (χ2n) is 5.20. The van der Waals surface area contributed by atoms with E-state index < -0.39 is 0 Å². The standard InChI is InChI=1S/C14H21NO/c1-10-9-12(5-6-13(10)16-4)15-11(2)14(3)7-8-14/h5-6,9,11,15H,7-8H2,1-4H3. The molecule has 1 aliphatic rings. The van der Waals surface area contributed by atoms with Crippen LogP contribution in [0.4, 0.5) is 5.69 Å². The fourth-order valence-corrected chi connectivity index (χ4v) is 2.02. The molecule has 88 valence electrons. The van der Waals surface area contributed by atoms with Gasteiger partial charge in [0, 0.05) is 11.7 Å². The zero-order valence-corrected chi connectivity index (χ0v) is 10.6. The zero-order valence-electron chi connectivity index (χ0n) is 10.6. The van der Waals surface area contributed by atoms with Gasteiger partial charge in [-0.1, -0.05) is 6.92 Å². The van der Waals surface area contributed by atoms with E-state index in [0.717, 1.165) is 5.75 Å². The minimum absolute atomic E-state index is 0.508. The van der Waals surface area contributed by atoms with E-state index in [1.54, 1.807) is 7.11 Å². The fraction of sp³-hybridized carbons (Fsp3) is 0.571. The molecule has 0 bridgehead atoms. The molecule has 1 saturated carbocycles. The Morgan fingerprint density at radius 3 is 2.56 bits per heavy atom. The van der Waals surface area contributed by atoms with E-state index in [0.29, 0.717) is 11.5 Å². The monoisotopic (exact) mass is 219 g/mol. The molecule has 0 saturated heterocycles. The molecule has 1 aliphatic carbocycles. The van der Waals surface area contributed by atoms with E-state index in [9.17, 15) is 0 Å². The summed E-state index contributed by atoms with van der Waals surface area (Å²) in [5.41, 5.74) is 2.88. The maximum absolute atomic E-state index is 5.26. The highest BCUT2D eigenvalue weighted by molar-refractivity contribution is 5.51. The summed E-state index contributed by atoms with van der Waals surface area (Å²) < 4.78 is 5.26. The number of ether oxygens (including phenoxy) is 1. The topological polar surface area (TPSA) is 21.3 Å². The average molecular weight is 219 g/mol. The van der Waals surface area contributed by atoms with Gasteiger partial charge in [0.15, 0.2) is 0 Å². The minimum atomic E-state index is 0.508. The minimum Gasteiger partial charge on any atom is -0.496 e. The fourth-order valence-electron chi connectivity index (χ4n) is 2.02. The summed E-state index contributed by atoms with van der Waals surface area (Å²) in [6, 6.07) is 6.81. The Morgan fingerprint density at radius 1 is 1.38 bits per heavy atom. The van der Waals surface area contributed by atoms with Gasteiger partial charge in [0.2, 0.25) is 0 Å². The van der Waals surface area contributed by atoms with Gasteiger partial charge in [-0.15, -0.1) is 0 Å². The Bertz CT molecular complexity index is 382. The molecule has 1 N–H and O–H groups in total. The lowest BCUT2D eigenvalue weighted by Gasteiger charge is -2.22. The molecule has 0 amide bonds. The Labute approximate surface area is 98.0 Å². The lowest BCUT2D eigenvalue weighted by molar-refractivity contribution is 0.411. The van der Waals surface area contributed by atoms with Crippen molar-refractivity contribution in [3.8, 4) is 5.75 Å². The van der Waals surface area contributed by atoms with Crippen LogP contribution >= 0.6 is 0 Å². The highest BCUT2D eigenvalue weighted by Gasteiger charge is 2.42. The quantitative estimate of drug-likeness (QED) is 0.835. The van der Waals surface area contributed by atoms with Crippen LogP contribution in [0.5, 0.6) is 5.75 Å². The second-order valence-corrected chi connectivity index (χ2v) is 5.20. The van der Waals surface area contributed by atoms with Crippen LogP contribution in [-0.2, 0) is 0 Å². The highest BCUT2D eigenvalue weighted by atomic mass is 16.5. The van der Waals surface area contributed by atoms with Gasteiger partial charge >= 0.3 is 0 Å². The number of methoxy groups -OCH3 is 1. The molecule has 0 spiro atoms. The van der Waals surface area contributed by atoms with E-state index in [-0.39, 0.29) is 0 Å². The molecule has 0 aliphatic heterocycles. The number of hydrogen-bond donors (Lipinski definition) is 1. The molecule has 0 heterocycles. The van der Waals surface area contributed by atoms with Crippen molar-refractivity contribution < 1.29 is 4.74 Å². The summed E-state index contributed by atoms with van der Waals surface area (Å²) in [5.74, 6) is 0.954. The third-order valence-corrected chi connectivity index (χ3v) is 3.86. The first-order valence-electron chi connectivity index (χ1n) is 5.96. The number of anilines is 1. The van der Waals surface area contributed by atoms with Crippen LogP contribution < -0.4 is 10.1 Å². The van der Waals surface area contributed by atoms with Gasteiger partial charge in [0.25, 0.3) is 0 Å². The summed E-state index contributed by atoms with van der Waals surface area (Å²) in [6.07, 6.45) is 2.69. The van der Waals surface area contributed by atoms with E-state index >= 15 is 0 Å². The lowest BCUT2D eigenvalue weighted by atomic mass is 10.0. The number of nitrogens with one attached hydrogen (secondary N) is 1. The van der Waals surface area contributed by atoms with Crippen LogP contribution in [-0.4, -0.2) is 13.2 Å². The lowest BCUT2D eigenvalue weighted by Crippen LogP contribution is -2.24. The van der Waals surface area contributed by atoms with Crippen molar-refractivity contribution in [1.29, 1.82) is 0 Å². The maximum Gasteiger partial charge on any atom is 0.121 e. The SMILES string of the molecule is COc1ccc(NC(C)C2(C)CC2)cc1C. The number of rotatable bonds is 4. The van der Waals surface area contributed by atoms with Crippen molar-refractivity contribution in [3.63, 3.8) is 0 Å². The Balaban J connectivity index is 2.07. The molecule has 16 heavy (non-hydrogen) atoms. The van der Waals surface area contributed by atoms with Crippen LogP contribution in [0.15, 0.2) is 18.2 Å². The largest absolute Gasteiger partial charge is 0.496 e. The highest BCUT2D eigenvalue weighted by Crippen LogP contribution is 2.48. The molecule has 0 radical (unpaired) electrons. The summed E-state index contributed by atoms with van der Waals surface area (Å²) in [7, 11) is 1.71. The summed E-state index contributed by atoms with van der Waals surface area (Å²) in [4.78, 5) is 0. The average Bonchev–Trinajstić information content (AvgIpc) is 2.98. The van der Waals surface area contributed by atoms with Crippen LogP contribution in [0.1, 0.15) is 32.3 Å². The van der Waals surface area contributed by atoms with Crippen LogP contribution in [0.3, 0.4) is 0 Å². The predicted octanol–water partition coefficient (Wildman–Crippen LogP) is 3.60. The van der Waals surface area contributed by atoms with Gasteiger partial charge in [-0.05, 0) is 55.9 Å². The molecule has 2 nitrogen and oxygen atoms in total. The summed E-state index contributed by atoms with van der Waals surface area (Å²) in [6.45, 7) is 6.70. The van der Waals surface area contributed by atoms with Crippen LogP contribution in [0.25, 0.3) is 0 Å². The van der Waals surface area contributed by atoms with Crippen LogP contribution in [0, 0.1) is 12.3 Å². The van der Waals surface area contributed by atoms with Gasteiger partial charge in [0.05, 0.1) is 7.11 Å². The van der Waals surface area contributed by atoms with Gasteiger partial charge in [-0.2, -0.15) is 0 Å². The third-order valence-electron chi connectivity index (χ3n) is 3.86. The molecule has 1 unspecified atom stereocenters. The van der Waals surface area contributed by atoms with Gasteiger partial charge in [0.1, 0.15) is 5.75 Å². The molecule has 1 aromatic carbocycles. The van der Waals surface area contributed by atoms with Crippen molar-refractivity contribution in [2.45, 2.75) is 39.7 Å². The van der Waals surface area contributed by atoms with E-state index in [2.05, 4.69) is 38.2 Å².